The number of aryl methyl sites for hydroxylation is 1. The summed E-state index contributed by atoms with van der Waals surface area (Å²) in [6.45, 7) is 4.82. The molecule has 0 atom stereocenters. The average Bonchev–Trinajstić information content (AvgIpc) is 2.53. The molecule has 0 aliphatic heterocycles. The van der Waals surface area contributed by atoms with Crippen molar-refractivity contribution in [3.8, 4) is 0 Å². The Balaban J connectivity index is 2.62. The fraction of sp³-hybridized carbons (Fsp3) is 0.125. The lowest BCUT2D eigenvalue weighted by atomic mass is 10.2. The molecule has 0 bridgehead atoms. The Kier molecular flexibility index (Phi) is 4.99. The van der Waals surface area contributed by atoms with Gasteiger partial charge in [-0.05, 0) is 25.1 Å². The molecule has 2 aromatic rings. The molecule has 126 valence electrons. The minimum absolute atomic E-state index is 0.152. The predicted molar refractivity (Wildman–Crippen MR) is 89.0 cm³/mol. The molecule has 6 nitrogen and oxygen atoms in total. The van der Waals surface area contributed by atoms with Crippen molar-refractivity contribution in [1.29, 1.82) is 0 Å². The van der Waals surface area contributed by atoms with Gasteiger partial charge in [0, 0.05) is 11.6 Å². The summed E-state index contributed by atoms with van der Waals surface area (Å²) in [7, 11) is -4.19. The molecule has 0 saturated heterocycles. The van der Waals surface area contributed by atoms with Crippen LogP contribution in [0.15, 0.2) is 60.0 Å². The number of anilines is 1. The molecule has 0 amide bonds. The van der Waals surface area contributed by atoms with E-state index in [9.17, 15) is 22.9 Å². The number of nitro groups is 1. The van der Waals surface area contributed by atoms with Crippen molar-refractivity contribution in [2.75, 3.05) is 10.8 Å². The third-order valence-electron chi connectivity index (χ3n) is 3.38. The highest BCUT2D eigenvalue weighted by molar-refractivity contribution is 7.92. The molecule has 0 aliphatic carbocycles. The van der Waals surface area contributed by atoms with E-state index in [1.165, 1.54) is 43.3 Å². The number of sulfonamides is 1. The first-order valence-corrected chi connectivity index (χ1v) is 8.36. The van der Waals surface area contributed by atoms with Crippen LogP contribution in [0.25, 0.3) is 0 Å². The Hall–Kier alpha value is -2.74. The van der Waals surface area contributed by atoms with E-state index in [1.54, 1.807) is 0 Å². The third kappa shape index (κ3) is 3.28. The van der Waals surface area contributed by atoms with Crippen LogP contribution in [0, 0.1) is 22.9 Å². The fourth-order valence-corrected chi connectivity index (χ4v) is 3.63. The zero-order valence-electron chi connectivity index (χ0n) is 12.8. The summed E-state index contributed by atoms with van der Waals surface area (Å²) in [5, 5.41) is 11.0. The normalized spacial score (nSPS) is 11.1. The van der Waals surface area contributed by atoms with E-state index in [-0.39, 0.29) is 22.8 Å². The zero-order valence-corrected chi connectivity index (χ0v) is 13.7. The first kappa shape index (κ1) is 17.6. The third-order valence-corrected chi connectivity index (χ3v) is 5.16. The fourth-order valence-electron chi connectivity index (χ4n) is 2.17. The molecule has 0 saturated carbocycles. The molecule has 0 N–H and O–H groups in total. The molecule has 0 fully saturated rings. The SMILES string of the molecule is C=CCN(c1ccccc1F)S(=O)(=O)c1ccc(C)c([N+](=O)[O-])c1. The number of nitro benzene ring substituents is 1. The lowest BCUT2D eigenvalue weighted by Crippen LogP contribution is -2.32. The zero-order chi connectivity index (χ0) is 17.9. The quantitative estimate of drug-likeness (QED) is 0.454. The lowest BCUT2D eigenvalue weighted by molar-refractivity contribution is -0.385. The van der Waals surface area contributed by atoms with Crippen LogP contribution in [0.5, 0.6) is 0 Å². The molecule has 2 aromatic carbocycles. The van der Waals surface area contributed by atoms with E-state index in [0.717, 1.165) is 16.4 Å². The van der Waals surface area contributed by atoms with Gasteiger partial charge in [-0.3, -0.25) is 14.4 Å². The number of rotatable bonds is 6. The van der Waals surface area contributed by atoms with Crippen LogP contribution in [-0.4, -0.2) is 19.9 Å². The van der Waals surface area contributed by atoms with Crippen molar-refractivity contribution in [2.24, 2.45) is 0 Å². The first-order valence-electron chi connectivity index (χ1n) is 6.92. The number of nitrogens with zero attached hydrogens (tertiary/aromatic N) is 2. The first-order chi connectivity index (χ1) is 11.3. The van der Waals surface area contributed by atoms with Crippen LogP contribution in [0.3, 0.4) is 0 Å². The Morgan fingerprint density at radius 1 is 1.29 bits per heavy atom. The topological polar surface area (TPSA) is 80.5 Å². The summed E-state index contributed by atoms with van der Waals surface area (Å²) >= 11 is 0. The van der Waals surface area contributed by atoms with Crippen molar-refractivity contribution in [3.05, 3.63) is 76.6 Å². The van der Waals surface area contributed by atoms with Crippen molar-refractivity contribution in [3.63, 3.8) is 0 Å². The van der Waals surface area contributed by atoms with Gasteiger partial charge in [0.1, 0.15) is 5.82 Å². The number of para-hydroxylation sites is 1. The van der Waals surface area contributed by atoms with E-state index < -0.39 is 20.8 Å². The maximum Gasteiger partial charge on any atom is 0.273 e. The summed E-state index contributed by atoms with van der Waals surface area (Å²) in [5.74, 6) is -0.718. The van der Waals surface area contributed by atoms with E-state index in [1.807, 2.05) is 0 Å². The summed E-state index contributed by atoms with van der Waals surface area (Å²) in [6, 6.07) is 8.97. The number of hydrogen-bond donors (Lipinski definition) is 0. The van der Waals surface area contributed by atoms with Gasteiger partial charge in [0.2, 0.25) is 0 Å². The second-order valence-corrected chi connectivity index (χ2v) is 6.84. The van der Waals surface area contributed by atoms with Gasteiger partial charge < -0.3 is 0 Å². The van der Waals surface area contributed by atoms with Crippen molar-refractivity contribution in [2.45, 2.75) is 11.8 Å². The summed E-state index contributed by atoms with van der Waals surface area (Å²) in [4.78, 5) is 10.1. The van der Waals surface area contributed by atoms with Gasteiger partial charge in [0.15, 0.2) is 0 Å². The van der Waals surface area contributed by atoms with E-state index in [4.69, 9.17) is 0 Å². The highest BCUT2D eigenvalue weighted by atomic mass is 32.2. The standard InChI is InChI=1S/C16H15FN2O4S/c1-3-10-18(15-7-5-4-6-14(15)17)24(22,23)13-9-8-12(2)16(11-13)19(20)21/h3-9,11H,1,10H2,2H3. The molecule has 24 heavy (non-hydrogen) atoms. The molecule has 0 aliphatic rings. The molecule has 0 radical (unpaired) electrons. The number of halogens is 1. The maximum atomic E-state index is 14.0. The van der Waals surface area contributed by atoms with E-state index >= 15 is 0 Å². The second kappa shape index (κ2) is 6.79. The number of hydrogen-bond acceptors (Lipinski definition) is 4. The second-order valence-electron chi connectivity index (χ2n) is 4.98. The Bertz CT molecular complexity index is 897. The minimum Gasteiger partial charge on any atom is -0.260 e. The summed E-state index contributed by atoms with van der Waals surface area (Å²) in [5.41, 5.74) is -0.135. The van der Waals surface area contributed by atoms with Crippen LogP contribution in [0.2, 0.25) is 0 Å². The van der Waals surface area contributed by atoms with E-state index in [2.05, 4.69) is 6.58 Å². The highest BCUT2D eigenvalue weighted by Crippen LogP contribution is 2.29. The molecular weight excluding hydrogens is 335 g/mol. The predicted octanol–water partition coefficient (Wildman–Crippen LogP) is 3.42. The molecule has 0 spiro atoms. The van der Waals surface area contributed by atoms with Gasteiger partial charge in [0.25, 0.3) is 15.7 Å². The molecule has 0 aromatic heterocycles. The lowest BCUT2D eigenvalue weighted by Gasteiger charge is -2.23. The average molecular weight is 350 g/mol. The minimum atomic E-state index is -4.19. The van der Waals surface area contributed by atoms with Crippen molar-refractivity contribution in [1.82, 2.24) is 0 Å². The number of benzene rings is 2. The van der Waals surface area contributed by atoms with Gasteiger partial charge in [-0.15, -0.1) is 6.58 Å². The van der Waals surface area contributed by atoms with Crippen LogP contribution < -0.4 is 4.31 Å². The Labute approximate surface area is 139 Å². The van der Waals surface area contributed by atoms with Crippen LogP contribution >= 0.6 is 0 Å². The van der Waals surface area contributed by atoms with Gasteiger partial charge >= 0.3 is 0 Å². The molecule has 8 heteroatoms. The summed E-state index contributed by atoms with van der Waals surface area (Å²) in [6.07, 6.45) is 1.31. The van der Waals surface area contributed by atoms with Crippen LogP contribution in [0.4, 0.5) is 15.8 Å². The molecule has 0 heterocycles. The molecule has 0 unspecified atom stereocenters. The van der Waals surface area contributed by atoms with Crippen LogP contribution in [0.1, 0.15) is 5.56 Å². The van der Waals surface area contributed by atoms with Gasteiger partial charge in [-0.1, -0.05) is 24.3 Å². The van der Waals surface area contributed by atoms with Crippen molar-refractivity contribution < 1.29 is 17.7 Å². The van der Waals surface area contributed by atoms with Crippen molar-refractivity contribution >= 4 is 21.4 Å². The molecule has 2 rings (SSSR count). The largest absolute Gasteiger partial charge is 0.273 e. The highest BCUT2D eigenvalue weighted by Gasteiger charge is 2.28. The monoisotopic (exact) mass is 350 g/mol. The Morgan fingerprint density at radius 2 is 1.96 bits per heavy atom. The van der Waals surface area contributed by atoms with Gasteiger partial charge in [-0.2, -0.15) is 0 Å². The smallest absolute Gasteiger partial charge is 0.260 e. The van der Waals surface area contributed by atoms with E-state index in [0.29, 0.717) is 5.56 Å². The summed E-state index contributed by atoms with van der Waals surface area (Å²) < 4.78 is 40.6. The Morgan fingerprint density at radius 3 is 2.54 bits per heavy atom. The van der Waals surface area contributed by atoms with Crippen LogP contribution in [-0.2, 0) is 10.0 Å². The van der Waals surface area contributed by atoms with Gasteiger partial charge in [-0.25, -0.2) is 12.8 Å². The van der Waals surface area contributed by atoms with Gasteiger partial charge in [0.05, 0.1) is 22.1 Å². The maximum absolute atomic E-state index is 14.0. The molecular formula is C16H15FN2O4S.